The monoisotopic (exact) mass is 280 g/mol. The Labute approximate surface area is 105 Å². The molecule has 0 spiro atoms. The molecule has 19 heavy (non-hydrogen) atoms. The summed E-state index contributed by atoms with van der Waals surface area (Å²) in [5.41, 5.74) is 0.223. The second-order valence-electron chi connectivity index (χ2n) is 3.88. The lowest BCUT2D eigenvalue weighted by atomic mass is 10.3. The molecular formula is C9H11F3N4O3. The Morgan fingerprint density at radius 1 is 1.63 bits per heavy atom. The highest BCUT2D eigenvalue weighted by molar-refractivity contribution is 5.79. The molecule has 1 aromatic heterocycles. The second kappa shape index (κ2) is 5.24. The molecule has 0 aromatic carbocycles. The SMILES string of the molecule is Cc1cn(C(C)C(=O)NCC(F)(F)F)nc1[N+](=O)[O-]. The highest BCUT2D eigenvalue weighted by Gasteiger charge is 2.30. The zero-order valence-corrected chi connectivity index (χ0v) is 10.1. The summed E-state index contributed by atoms with van der Waals surface area (Å²) in [5.74, 6) is -1.36. The quantitative estimate of drug-likeness (QED) is 0.665. The van der Waals surface area contributed by atoms with Crippen LogP contribution in [-0.4, -0.2) is 33.3 Å². The summed E-state index contributed by atoms with van der Waals surface area (Å²) < 4.78 is 36.7. The molecule has 0 saturated heterocycles. The van der Waals surface area contributed by atoms with Crippen LogP contribution in [0.1, 0.15) is 18.5 Å². The Bertz CT molecular complexity index is 497. The molecule has 7 nitrogen and oxygen atoms in total. The number of carbonyl (C=O) groups excluding carboxylic acids is 1. The van der Waals surface area contributed by atoms with Crippen LogP contribution in [-0.2, 0) is 4.79 Å². The van der Waals surface area contributed by atoms with Gasteiger partial charge in [0.25, 0.3) is 0 Å². The van der Waals surface area contributed by atoms with E-state index < -0.39 is 35.4 Å². The van der Waals surface area contributed by atoms with Crippen LogP contribution >= 0.6 is 0 Å². The van der Waals surface area contributed by atoms with Crippen molar-refractivity contribution in [1.82, 2.24) is 15.1 Å². The van der Waals surface area contributed by atoms with Gasteiger partial charge in [-0.2, -0.15) is 17.9 Å². The number of aryl methyl sites for hydroxylation is 1. The van der Waals surface area contributed by atoms with Gasteiger partial charge >= 0.3 is 12.0 Å². The topological polar surface area (TPSA) is 90.1 Å². The van der Waals surface area contributed by atoms with Crippen LogP contribution < -0.4 is 5.32 Å². The highest BCUT2D eigenvalue weighted by atomic mass is 19.4. The molecule has 0 radical (unpaired) electrons. The molecular weight excluding hydrogens is 269 g/mol. The largest absolute Gasteiger partial charge is 0.405 e. The fraction of sp³-hybridized carbons (Fsp3) is 0.556. The molecule has 0 aliphatic carbocycles. The van der Waals surface area contributed by atoms with Crippen molar-refractivity contribution in [2.45, 2.75) is 26.1 Å². The van der Waals surface area contributed by atoms with E-state index in [2.05, 4.69) is 5.10 Å². The van der Waals surface area contributed by atoms with E-state index in [4.69, 9.17) is 0 Å². The van der Waals surface area contributed by atoms with Crippen molar-refractivity contribution in [3.05, 3.63) is 21.9 Å². The number of nitro groups is 1. The lowest BCUT2D eigenvalue weighted by Crippen LogP contribution is -2.37. The van der Waals surface area contributed by atoms with Crippen LogP contribution in [0, 0.1) is 17.0 Å². The van der Waals surface area contributed by atoms with Gasteiger partial charge in [0, 0.05) is 0 Å². The molecule has 1 amide bonds. The summed E-state index contributed by atoms with van der Waals surface area (Å²) in [4.78, 5) is 21.3. The van der Waals surface area contributed by atoms with Crippen LogP contribution in [0.2, 0.25) is 0 Å². The number of nitrogens with one attached hydrogen (secondary N) is 1. The molecule has 1 rings (SSSR count). The van der Waals surface area contributed by atoms with E-state index in [-0.39, 0.29) is 5.56 Å². The Morgan fingerprint density at radius 2 is 2.21 bits per heavy atom. The molecule has 0 bridgehead atoms. The average molecular weight is 280 g/mol. The zero-order chi connectivity index (χ0) is 14.8. The Morgan fingerprint density at radius 3 is 2.63 bits per heavy atom. The number of hydrogen-bond acceptors (Lipinski definition) is 4. The van der Waals surface area contributed by atoms with Crippen molar-refractivity contribution in [3.8, 4) is 0 Å². The van der Waals surface area contributed by atoms with Gasteiger partial charge in [0.15, 0.2) is 0 Å². The van der Waals surface area contributed by atoms with Gasteiger partial charge in [0.1, 0.15) is 12.6 Å². The van der Waals surface area contributed by atoms with E-state index in [0.29, 0.717) is 0 Å². The summed E-state index contributed by atoms with van der Waals surface area (Å²) >= 11 is 0. The van der Waals surface area contributed by atoms with E-state index >= 15 is 0 Å². The first-order chi connectivity index (χ1) is 8.61. The minimum Gasteiger partial charge on any atom is -0.358 e. The van der Waals surface area contributed by atoms with Crippen molar-refractivity contribution in [2.75, 3.05) is 6.54 Å². The number of carbonyl (C=O) groups is 1. The summed E-state index contributed by atoms with van der Waals surface area (Å²) in [6, 6.07) is -1.07. The first kappa shape index (κ1) is 14.9. The van der Waals surface area contributed by atoms with Gasteiger partial charge in [-0.15, -0.1) is 0 Å². The highest BCUT2D eigenvalue weighted by Crippen LogP contribution is 2.18. The lowest BCUT2D eigenvalue weighted by molar-refractivity contribution is -0.390. The van der Waals surface area contributed by atoms with Crippen molar-refractivity contribution < 1.29 is 22.9 Å². The molecule has 10 heteroatoms. The molecule has 1 atom stereocenters. The summed E-state index contributed by atoms with van der Waals surface area (Å²) in [6.45, 7) is 1.25. The Kier molecular flexibility index (Phi) is 4.12. The van der Waals surface area contributed by atoms with E-state index in [0.717, 1.165) is 4.68 Å². The summed E-state index contributed by atoms with van der Waals surface area (Å²) in [7, 11) is 0. The molecule has 0 aliphatic heterocycles. The fourth-order valence-corrected chi connectivity index (χ4v) is 1.31. The van der Waals surface area contributed by atoms with Crippen LogP contribution in [0.5, 0.6) is 0 Å². The zero-order valence-electron chi connectivity index (χ0n) is 10.1. The van der Waals surface area contributed by atoms with Gasteiger partial charge < -0.3 is 15.4 Å². The number of halogens is 3. The van der Waals surface area contributed by atoms with Gasteiger partial charge in [-0.25, -0.2) is 0 Å². The predicted octanol–water partition coefficient (Wildman–Crippen LogP) is 1.34. The van der Waals surface area contributed by atoms with Crippen molar-refractivity contribution >= 4 is 11.7 Å². The third kappa shape index (κ3) is 3.93. The first-order valence-electron chi connectivity index (χ1n) is 5.16. The maximum atomic E-state index is 11.9. The van der Waals surface area contributed by atoms with Gasteiger partial charge in [-0.05, 0) is 18.8 Å². The van der Waals surface area contributed by atoms with Gasteiger partial charge in [0.05, 0.1) is 16.9 Å². The molecule has 106 valence electrons. The molecule has 0 fully saturated rings. The van der Waals surface area contributed by atoms with E-state index in [1.54, 1.807) is 5.32 Å². The number of alkyl halides is 3. The van der Waals surface area contributed by atoms with Crippen molar-refractivity contribution in [2.24, 2.45) is 0 Å². The molecule has 0 aliphatic rings. The molecule has 1 heterocycles. The van der Waals surface area contributed by atoms with E-state index in [1.807, 2.05) is 0 Å². The minimum absolute atomic E-state index is 0.223. The fourth-order valence-electron chi connectivity index (χ4n) is 1.31. The smallest absolute Gasteiger partial charge is 0.358 e. The maximum absolute atomic E-state index is 11.9. The summed E-state index contributed by atoms with van der Waals surface area (Å²) in [6.07, 6.45) is -3.28. The first-order valence-corrected chi connectivity index (χ1v) is 5.16. The lowest BCUT2D eigenvalue weighted by Gasteiger charge is -2.11. The Hall–Kier alpha value is -2.13. The maximum Gasteiger partial charge on any atom is 0.405 e. The van der Waals surface area contributed by atoms with Crippen LogP contribution in [0.3, 0.4) is 0 Å². The molecule has 1 aromatic rings. The number of rotatable bonds is 4. The van der Waals surface area contributed by atoms with Crippen molar-refractivity contribution in [3.63, 3.8) is 0 Å². The summed E-state index contributed by atoms with van der Waals surface area (Å²) in [5, 5.41) is 15.8. The number of aromatic nitrogens is 2. The molecule has 0 saturated carbocycles. The number of amides is 1. The number of nitrogens with zero attached hydrogens (tertiary/aromatic N) is 3. The number of hydrogen-bond donors (Lipinski definition) is 1. The third-order valence-electron chi connectivity index (χ3n) is 2.30. The second-order valence-corrected chi connectivity index (χ2v) is 3.88. The third-order valence-corrected chi connectivity index (χ3v) is 2.30. The van der Waals surface area contributed by atoms with Gasteiger partial charge in [0.2, 0.25) is 5.91 Å². The van der Waals surface area contributed by atoms with Crippen molar-refractivity contribution in [1.29, 1.82) is 0 Å². The van der Waals surface area contributed by atoms with E-state index in [9.17, 15) is 28.1 Å². The standard InChI is InChI=1S/C9H11F3N4O3/c1-5-3-15(14-7(5)16(18)19)6(2)8(17)13-4-9(10,11)12/h3,6H,4H2,1-2H3,(H,13,17). The van der Waals surface area contributed by atoms with Crippen LogP contribution in [0.4, 0.5) is 19.0 Å². The minimum atomic E-state index is -4.51. The Balaban J connectivity index is 2.77. The van der Waals surface area contributed by atoms with E-state index in [1.165, 1.54) is 20.0 Å². The average Bonchev–Trinajstić information content (AvgIpc) is 2.66. The molecule has 1 N–H and O–H groups in total. The van der Waals surface area contributed by atoms with Gasteiger partial charge in [-0.3, -0.25) is 4.79 Å². The van der Waals surface area contributed by atoms with Gasteiger partial charge in [-0.1, -0.05) is 0 Å². The van der Waals surface area contributed by atoms with Crippen LogP contribution in [0.25, 0.3) is 0 Å². The normalized spacial score (nSPS) is 13.1. The van der Waals surface area contributed by atoms with Crippen LogP contribution in [0.15, 0.2) is 6.20 Å². The molecule has 1 unspecified atom stereocenters. The predicted molar refractivity (Wildman–Crippen MR) is 57.4 cm³/mol.